The number of esters is 1. The Bertz CT molecular complexity index is 574. The molecule has 0 bridgehead atoms. The highest BCUT2D eigenvalue weighted by molar-refractivity contribution is 5.93. The minimum atomic E-state index is -0.421. The number of urea groups is 1. The van der Waals surface area contributed by atoms with E-state index in [1.54, 1.807) is 24.3 Å². The Hall–Kier alpha value is -2.08. The number of benzene rings is 1. The second-order valence-corrected chi connectivity index (χ2v) is 6.72. The first-order chi connectivity index (χ1) is 11.5. The number of rotatable bonds is 6. The van der Waals surface area contributed by atoms with Crippen LogP contribution in [0.5, 0.6) is 0 Å². The van der Waals surface area contributed by atoms with Gasteiger partial charge in [-0.1, -0.05) is 19.9 Å². The molecule has 0 unspecified atom stereocenters. The van der Waals surface area contributed by atoms with E-state index in [1.807, 2.05) is 0 Å². The molecule has 2 amide bonds. The van der Waals surface area contributed by atoms with Crippen LogP contribution in [0.1, 0.15) is 30.6 Å². The molecule has 0 saturated carbocycles. The molecule has 6 heteroatoms. The molecular formula is C18H27N3O3. The highest BCUT2D eigenvalue weighted by Gasteiger charge is 2.23. The summed E-state index contributed by atoms with van der Waals surface area (Å²) in [5.41, 5.74) is 0.985. The average molecular weight is 333 g/mol. The van der Waals surface area contributed by atoms with E-state index < -0.39 is 5.97 Å². The van der Waals surface area contributed by atoms with Gasteiger partial charge < -0.3 is 20.3 Å². The van der Waals surface area contributed by atoms with Crippen LogP contribution in [0.2, 0.25) is 0 Å². The van der Waals surface area contributed by atoms with E-state index in [9.17, 15) is 9.59 Å². The highest BCUT2D eigenvalue weighted by atomic mass is 16.5. The summed E-state index contributed by atoms with van der Waals surface area (Å²) in [5, 5.41) is 5.67. The monoisotopic (exact) mass is 333 g/mol. The van der Waals surface area contributed by atoms with Gasteiger partial charge in [0.1, 0.15) is 0 Å². The predicted octanol–water partition coefficient (Wildman–Crippen LogP) is 2.57. The quantitative estimate of drug-likeness (QED) is 0.785. The summed E-state index contributed by atoms with van der Waals surface area (Å²) >= 11 is 0. The van der Waals surface area contributed by atoms with Gasteiger partial charge in [-0.15, -0.1) is 0 Å². The Morgan fingerprint density at radius 3 is 2.88 bits per heavy atom. The van der Waals surface area contributed by atoms with Gasteiger partial charge in [0.2, 0.25) is 0 Å². The summed E-state index contributed by atoms with van der Waals surface area (Å²) in [6.07, 6.45) is 1.12. The number of ether oxygens (including phenoxy) is 1. The van der Waals surface area contributed by atoms with Crippen molar-refractivity contribution in [1.29, 1.82) is 0 Å². The maximum atomic E-state index is 12.0. The molecule has 1 heterocycles. The molecule has 2 rings (SSSR count). The van der Waals surface area contributed by atoms with Gasteiger partial charge in [-0.2, -0.15) is 0 Å². The molecule has 2 N–H and O–H groups in total. The zero-order valence-corrected chi connectivity index (χ0v) is 14.7. The minimum absolute atomic E-state index is 0.251. The number of methoxy groups -OCH3 is 1. The standard InChI is InChI=1S/C18H27N3O3/c1-13(2)11-21-8-7-14(12-21)10-19-18(23)20-16-6-4-5-15(9-16)17(22)24-3/h4-6,9,13-14H,7-8,10-12H2,1-3H3,(H2,19,20,23)/t14-/m1/s1. The Morgan fingerprint density at radius 2 is 2.17 bits per heavy atom. The van der Waals surface area contributed by atoms with Crippen molar-refractivity contribution in [3.05, 3.63) is 29.8 Å². The summed E-state index contributed by atoms with van der Waals surface area (Å²) in [6.45, 7) is 8.37. The molecule has 24 heavy (non-hydrogen) atoms. The van der Waals surface area contributed by atoms with Crippen molar-refractivity contribution in [2.75, 3.05) is 38.6 Å². The van der Waals surface area contributed by atoms with Crippen molar-refractivity contribution in [1.82, 2.24) is 10.2 Å². The fourth-order valence-electron chi connectivity index (χ4n) is 3.02. The van der Waals surface area contributed by atoms with E-state index in [-0.39, 0.29) is 6.03 Å². The molecule has 1 aromatic carbocycles. The van der Waals surface area contributed by atoms with Crippen molar-refractivity contribution in [3.63, 3.8) is 0 Å². The van der Waals surface area contributed by atoms with Crippen LogP contribution in [0.15, 0.2) is 24.3 Å². The van der Waals surface area contributed by atoms with Crippen molar-refractivity contribution < 1.29 is 14.3 Å². The van der Waals surface area contributed by atoms with E-state index in [0.717, 1.165) is 26.1 Å². The molecule has 1 fully saturated rings. The summed E-state index contributed by atoms with van der Waals surface area (Å²) < 4.78 is 4.68. The summed E-state index contributed by atoms with van der Waals surface area (Å²) in [5.74, 6) is 0.744. The Labute approximate surface area is 143 Å². The van der Waals surface area contributed by atoms with Gasteiger partial charge in [0.05, 0.1) is 12.7 Å². The van der Waals surface area contributed by atoms with Gasteiger partial charge in [0.25, 0.3) is 0 Å². The van der Waals surface area contributed by atoms with Gasteiger partial charge in [0, 0.05) is 25.3 Å². The summed E-state index contributed by atoms with van der Waals surface area (Å²) in [6, 6.07) is 6.45. The lowest BCUT2D eigenvalue weighted by atomic mass is 10.1. The minimum Gasteiger partial charge on any atom is -0.465 e. The van der Waals surface area contributed by atoms with E-state index in [0.29, 0.717) is 29.6 Å². The number of nitrogens with one attached hydrogen (secondary N) is 2. The Morgan fingerprint density at radius 1 is 1.38 bits per heavy atom. The summed E-state index contributed by atoms with van der Waals surface area (Å²) in [7, 11) is 1.33. The number of carbonyl (C=O) groups excluding carboxylic acids is 2. The highest BCUT2D eigenvalue weighted by Crippen LogP contribution is 2.17. The molecule has 1 saturated heterocycles. The predicted molar refractivity (Wildman–Crippen MR) is 94.2 cm³/mol. The van der Waals surface area contributed by atoms with Crippen LogP contribution in [0, 0.1) is 11.8 Å². The van der Waals surface area contributed by atoms with Gasteiger partial charge in [-0.05, 0) is 43.0 Å². The number of anilines is 1. The fraction of sp³-hybridized carbons (Fsp3) is 0.556. The molecule has 1 aromatic rings. The number of carbonyl (C=O) groups is 2. The molecule has 6 nitrogen and oxygen atoms in total. The SMILES string of the molecule is COC(=O)c1cccc(NC(=O)NC[C@H]2CCN(CC(C)C)C2)c1. The van der Waals surface area contributed by atoms with E-state index in [2.05, 4.69) is 34.1 Å². The third-order valence-electron chi connectivity index (χ3n) is 4.09. The maximum absolute atomic E-state index is 12.0. The number of hydrogen-bond donors (Lipinski definition) is 2. The topological polar surface area (TPSA) is 70.7 Å². The number of likely N-dealkylation sites (tertiary alicyclic amines) is 1. The van der Waals surface area contributed by atoms with E-state index in [4.69, 9.17) is 0 Å². The largest absolute Gasteiger partial charge is 0.465 e. The van der Waals surface area contributed by atoms with Gasteiger partial charge in [-0.3, -0.25) is 0 Å². The van der Waals surface area contributed by atoms with Crippen LogP contribution in [0.3, 0.4) is 0 Å². The fourth-order valence-corrected chi connectivity index (χ4v) is 3.02. The molecule has 132 valence electrons. The van der Waals surface area contributed by atoms with E-state index >= 15 is 0 Å². The number of nitrogens with zero attached hydrogens (tertiary/aromatic N) is 1. The summed E-state index contributed by atoms with van der Waals surface area (Å²) in [4.78, 5) is 26.0. The van der Waals surface area contributed by atoms with Crippen LogP contribution in [0.4, 0.5) is 10.5 Å². The van der Waals surface area contributed by atoms with Gasteiger partial charge in [0.15, 0.2) is 0 Å². The van der Waals surface area contributed by atoms with Crippen LogP contribution in [0.25, 0.3) is 0 Å². The number of amides is 2. The Kier molecular flexibility index (Phi) is 6.61. The first-order valence-electron chi connectivity index (χ1n) is 8.43. The molecular weight excluding hydrogens is 306 g/mol. The Balaban J connectivity index is 1.77. The molecule has 0 aromatic heterocycles. The van der Waals surface area contributed by atoms with Gasteiger partial charge in [-0.25, -0.2) is 9.59 Å². The smallest absolute Gasteiger partial charge is 0.337 e. The van der Waals surface area contributed by atoms with E-state index in [1.165, 1.54) is 7.11 Å². The molecule has 0 radical (unpaired) electrons. The molecule has 0 aliphatic carbocycles. The lowest BCUT2D eigenvalue weighted by molar-refractivity contribution is 0.0600. The van der Waals surface area contributed by atoms with Crippen molar-refractivity contribution in [2.24, 2.45) is 11.8 Å². The molecule has 0 spiro atoms. The maximum Gasteiger partial charge on any atom is 0.337 e. The zero-order valence-electron chi connectivity index (χ0n) is 14.7. The first kappa shape index (κ1) is 18.3. The number of hydrogen-bond acceptors (Lipinski definition) is 4. The van der Waals surface area contributed by atoms with Crippen LogP contribution < -0.4 is 10.6 Å². The normalized spacial score (nSPS) is 17.8. The van der Waals surface area contributed by atoms with Crippen molar-refractivity contribution >= 4 is 17.7 Å². The third-order valence-corrected chi connectivity index (χ3v) is 4.09. The third kappa shape index (κ3) is 5.53. The lowest BCUT2D eigenvalue weighted by Gasteiger charge is -2.18. The molecule has 1 aliphatic rings. The van der Waals surface area contributed by atoms with Gasteiger partial charge >= 0.3 is 12.0 Å². The molecule has 1 aliphatic heterocycles. The molecule has 1 atom stereocenters. The second kappa shape index (κ2) is 8.68. The van der Waals surface area contributed by atoms with Crippen molar-refractivity contribution in [2.45, 2.75) is 20.3 Å². The average Bonchev–Trinajstić information content (AvgIpc) is 2.99. The second-order valence-electron chi connectivity index (χ2n) is 6.72. The van der Waals surface area contributed by atoms with Crippen LogP contribution >= 0.6 is 0 Å². The zero-order chi connectivity index (χ0) is 17.5. The van der Waals surface area contributed by atoms with Crippen molar-refractivity contribution in [3.8, 4) is 0 Å². The lowest BCUT2D eigenvalue weighted by Crippen LogP contribution is -2.34. The van der Waals surface area contributed by atoms with Crippen LogP contribution in [-0.4, -0.2) is 50.2 Å². The van der Waals surface area contributed by atoms with Crippen LogP contribution in [-0.2, 0) is 4.74 Å². The first-order valence-corrected chi connectivity index (χ1v) is 8.43.